The first kappa shape index (κ1) is 15.1. The van der Waals surface area contributed by atoms with Gasteiger partial charge in [-0.25, -0.2) is 23.7 Å². The maximum Gasteiger partial charge on any atom is 0.182 e. The SMILES string of the molecule is Cc1nc(-c2nc(Nc3ccncc3F)c3cc[nH]c3n2)ccc1F. The maximum absolute atomic E-state index is 13.9. The molecule has 0 aliphatic heterocycles. The third kappa shape index (κ3) is 2.78. The van der Waals surface area contributed by atoms with E-state index in [0.717, 1.165) is 6.20 Å². The lowest BCUT2D eigenvalue weighted by molar-refractivity contribution is 0.610. The third-order valence-corrected chi connectivity index (χ3v) is 3.69. The molecule has 0 spiro atoms. The molecule has 0 saturated heterocycles. The fourth-order valence-electron chi connectivity index (χ4n) is 2.42. The summed E-state index contributed by atoms with van der Waals surface area (Å²) in [6.45, 7) is 1.57. The van der Waals surface area contributed by atoms with Gasteiger partial charge >= 0.3 is 0 Å². The Hall–Kier alpha value is -3.42. The highest BCUT2D eigenvalue weighted by Crippen LogP contribution is 2.27. The van der Waals surface area contributed by atoms with E-state index < -0.39 is 11.6 Å². The zero-order chi connectivity index (χ0) is 17.4. The highest BCUT2D eigenvalue weighted by molar-refractivity contribution is 5.90. The molecule has 4 aromatic rings. The second-order valence-corrected chi connectivity index (χ2v) is 5.38. The lowest BCUT2D eigenvalue weighted by Crippen LogP contribution is -2.02. The lowest BCUT2D eigenvalue weighted by atomic mass is 10.2. The van der Waals surface area contributed by atoms with E-state index in [1.54, 1.807) is 19.2 Å². The largest absolute Gasteiger partial charge is 0.346 e. The molecular weight excluding hydrogens is 326 g/mol. The van der Waals surface area contributed by atoms with Crippen molar-refractivity contribution in [3.63, 3.8) is 0 Å². The van der Waals surface area contributed by atoms with E-state index in [0.29, 0.717) is 28.4 Å². The number of aromatic nitrogens is 5. The zero-order valence-electron chi connectivity index (χ0n) is 13.1. The molecule has 0 aliphatic carbocycles. The number of rotatable bonds is 3. The van der Waals surface area contributed by atoms with E-state index in [9.17, 15) is 8.78 Å². The summed E-state index contributed by atoms with van der Waals surface area (Å²) in [6.07, 6.45) is 4.30. The molecule has 0 aromatic carbocycles. The van der Waals surface area contributed by atoms with E-state index in [1.165, 1.54) is 24.4 Å². The van der Waals surface area contributed by atoms with Crippen LogP contribution in [-0.2, 0) is 0 Å². The van der Waals surface area contributed by atoms with Gasteiger partial charge in [-0.15, -0.1) is 0 Å². The van der Waals surface area contributed by atoms with Gasteiger partial charge in [0.25, 0.3) is 0 Å². The molecule has 0 atom stereocenters. The number of aromatic amines is 1. The van der Waals surface area contributed by atoms with Crippen molar-refractivity contribution in [2.75, 3.05) is 5.32 Å². The van der Waals surface area contributed by atoms with Crippen LogP contribution in [0.1, 0.15) is 5.69 Å². The van der Waals surface area contributed by atoms with Crippen LogP contribution in [0.25, 0.3) is 22.6 Å². The number of aryl methyl sites for hydroxylation is 1. The van der Waals surface area contributed by atoms with Crippen LogP contribution in [-0.4, -0.2) is 24.9 Å². The number of halogens is 2. The number of anilines is 2. The number of H-pyrrole nitrogens is 1. The van der Waals surface area contributed by atoms with Gasteiger partial charge < -0.3 is 10.3 Å². The molecule has 0 aliphatic rings. The summed E-state index contributed by atoms with van der Waals surface area (Å²) in [7, 11) is 0. The van der Waals surface area contributed by atoms with Gasteiger partial charge in [-0.05, 0) is 31.2 Å². The maximum atomic E-state index is 13.9. The standard InChI is InChI=1S/C17H12F2N6/c1-9-11(18)2-3-14(22-9)17-24-15-10(4-7-21-15)16(25-17)23-13-5-6-20-8-12(13)19/h2-8H,1H3,(H2,20,21,23,24,25). The molecule has 0 unspecified atom stereocenters. The Bertz CT molecular complexity index is 1080. The molecule has 4 rings (SSSR count). The van der Waals surface area contributed by atoms with Crippen LogP contribution in [0.5, 0.6) is 0 Å². The molecule has 0 radical (unpaired) electrons. The predicted octanol–water partition coefficient (Wildman–Crippen LogP) is 3.75. The van der Waals surface area contributed by atoms with Gasteiger partial charge in [0, 0.05) is 12.4 Å². The summed E-state index contributed by atoms with van der Waals surface area (Å²) in [5, 5.41) is 3.64. The summed E-state index contributed by atoms with van der Waals surface area (Å²) >= 11 is 0. The van der Waals surface area contributed by atoms with Crippen LogP contribution in [0.2, 0.25) is 0 Å². The molecule has 124 valence electrons. The number of hydrogen-bond acceptors (Lipinski definition) is 5. The number of hydrogen-bond donors (Lipinski definition) is 2. The topological polar surface area (TPSA) is 79.4 Å². The van der Waals surface area contributed by atoms with Gasteiger partial charge in [-0.1, -0.05) is 0 Å². The highest BCUT2D eigenvalue weighted by atomic mass is 19.1. The molecule has 8 heteroatoms. The van der Waals surface area contributed by atoms with Gasteiger partial charge in [0.1, 0.15) is 23.0 Å². The van der Waals surface area contributed by atoms with Gasteiger partial charge in [0.15, 0.2) is 11.6 Å². The smallest absolute Gasteiger partial charge is 0.182 e. The summed E-state index contributed by atoms with van der Waals surface area (Å²) in [6, 6.07) is 6.11. The minimum absolute atomic E-state index is 0.241. The van der Waals surface area contributed by atoms with E-state index in [-0.39, 0.29) is 11.4 Å². The third-order valence-electron chi connectivity index (χ3n) is 3.69. The fourth-order valence-corrected chi connectivity index (χ4v) is 2.42. The van der Waals surface area contributed by atoms with Gasteiger partial charge in [-0.3, -0.25) is 4.98 Å². The van der Waals surface area contributed by atoms with Crippen LogP contribution in [0.3, 0.4) is 0 Å². The Labute approximate surface area is 141 Å². The summed E-state index contributed by atoms with van der Waals surface area (Å²) < 4.78 is 27.4. The molecular formula is C17H12F2N6. The van der Waals surface area contributed by atoms with Crippen LogP contribution >= 0.6 is 0 Å². The minimum atomic E-state index is -0.498. The van der Waals surface area contributed by atoms with Crippen molar-refractivity contribution in [2.45, 2.75) is 6.92 Å². The van der Waals surface area contributed by atoms with Gasteiger partial charge in [0.05, 0.1) is 23.0 Å². The van der Waals surface area contributed by atoms with Crippen molar-refractivity contribution in [2.24, 2.45) is 0 Å². The predicted molar refractivity (Wildman–Crippen MR) is 89.3 cm³/mol. The van der Waals surface area contributed by atoms with Crippen molar-refractivity contribution in [1.82, 2.24) is 24.9 Å². The van der Waals surface area contributed by atoms with Crippen LogP contribution < -0.4 is 5.32 Å². The first-order chi connectivity index (χ1) is 12.1. The molecule has 0 amide bonds. The zero-order valence-corrected chi connectivity index (χ0v) is 13.1. The van der Waals surface area contributed by atoms with Crippen molar-refractivity contribution in [1.29, 1.82) is 0 Å². The fraction of sp³-hybridized carbons (Fsp3) is 0.0588. The van der Waals surface area contributed by atoms with Crippen molar-refractivity contribution in [3.8, 4) is 11.5 Å². The van der Waals surface area contributed by atoms with Crippen LogP contribution in [0.4, 0.5) is 20.3 Å². The first-order valence-corrected chi connectivity index (χ1v) is 7.47. The molecule has 25 heavy (non-hydrogen) atoms. The minimum Gasteiger partial charge on any atom is -0.346 e. The second-order valence-electron chi connectivity index (χ2n) is 5.38. The molecule has 0 saturated carbocycles. The van der Waals surface area contributed by atoms with Crippen molar-refractivity contribution in [3.05, 3.63) is 60.2 Å². The van der Waals surface area contributed by atoms with E-state index in [1.807, 2.05) is 0 Å². The first-order valence-electron chi connectivity index (χ1n) is 7.47. The van der Waals surface area contributed by atoms with E-state index >= 15 is 0 Å². The monoisotopic (exact) mass is 338 g/mol. The highest BCUT2D eigenvalue weighted by Gasteiger charge is 2.14. The summed E-state index contributed by atoms with van der Waals surface area (Å²) in [5.41, 5.74) is 1.48. The number of pyridine rings is 2. The van der Waals surface area contributed by atoms with E-state index in [4.69, 9.17) is 0 Å². The molecule has 0 bridgehead atoms. The van der Waals surface area contributed by atoms with Crippen LogP contribution in [0.15, 0.2) is 42.9 Å². The number of fused-ring (bicyclic) bond motifs is 1. The van der Waals surface area contributed by atoms with E-state index in [2.05, 4.69) is 30.2 Å². The molecule has 2 N–H and O–H groups in total. The van der Waals surface area contributed by atoms with Crippen molar-refractivity contribution < 1.29 is 8.78 Å². The van der Waals surface area contributed by atoms with Gasteiger partial charge in [-0.2, -0.15) is 0 Å². The van der Waals surface area contributed by atoms with Gasteiger partial charge in [0.2, 0.25) is 0 Å². The lowest BCUT2D eigenvalue weighted by Gasteiger charge is -2.09. The Morgan fingerprint density at radius 1 is 1.00 bits per heavy atom. The normalized spacial score (nSPS) is 11.0. The second kappa shape index (κ2) is 5.90. The summed E-state index contributed by atoms with van der Waals surface area (Å²) in [4.78, 5) is 19.7. The molecule has 6 nitrogen and oxygen atoms in total. The quantitative estimate of drug-likeness (QED) is 0.595. The Morgan fingerprint density at radius 2 is 1.88 bits per heavy atom. The Kier molecular flexibility index (Phi) is 3.57. The number of nitrogens with zero attached hydrogens (tertiary/aromatic N) is 4. The van der Waals surface area contributed by atoms with Crippen molar-refractivity contribution >= 4 is 22.5 Å². The number of nitrogens with one attached hydrogen (secondary N) is 2. The Balaban J connectivity index is 1.85. The molecule has 0 fully saturated rings. The molecule has 4 heterocycles. The summed E-state index contributed by atoms with van der Waals surface area (Å²) in [5.74, 6) is -0.186. The average Bonchev–Trinajstić information content (AvgIpc) is 3.08. The molecule has 4 aromatic heterocycles. The van der Waals surface area contributed by atoms with Crippen LogP contribution in [0, 0.1) is 18.6 Å². The average molecular weight is 338 g/mol. The Morgan fingerprint density at radius 3 is 2.68 bits per heavy atom.